The molecule has 0 amide bonds. The van der Waals surface area contributed by atoms with Gasteiger partial charge in [-0.05, 0) is 12.8 Å². The molecule has 0 bridgehead atoms. The van der Waals surface area contributed by atoms with Crippen molar-refractivity contribution in [1.29, 1.82) is 0 Å². The predicted molar refractivity (Wildman–Crippen MR) is 106 cm³/mol. The third kappa shape index (κ3) is 4.85. The first-order chi connectivity index (χ1) is 13.2. The van der Waals surface area contributed by atoms with Gasteiger partial charge in [0, 0.05) is 62.8 Å². The number of allylic oxidation sites excluding steroid dienone is 2. The van der Waals surface area contributed by atoms with Gasteiger partial charge in [0.05, 0.1) is 23.8 Å². The van der Waals surface area contributed by atoms with Gasteiger partial charge in [0.15, 0.2) is 5.82 Å². The SMILES string of the molecule is C=N/C=C\N=C1C=C(F)C(CNc2cncc(F)c2N2CCNCC2)=CC1. The number of anilines is 2. The van der Waals surface area contributed by atoms with Crippen molar-refractivity contribution in [3.8, 4) is 0 Å². The molecule has 27 heavy (non-hydrogen) atoms. The highest BCUT2D eigenvalue weighted by atomic mass is 19.1. The van der Waals surface area contributed by atoms with E-state index in [0.717, 1.165) is 13.1 Å². The first-order valence-electron chi connectivity index (χ1n) is 8.76. The molecule has 1 aromatic heterocycles. The van der Waals surface area contributed by atoms with Crippen molar-refractivity contribution in [3.63, 3.8) is 0 Å². The second-order valence-electron chi connectivity index (χ2n) is 6.14. The third-order valence-corrected chi connectivity index (χ3v) is 4.35. The quantitative estimate of drug-likeness (QED) is 0.754. The van der Waals surface area contributed by atoms with Crippen molar-refractivity contribution >= 4 is 23.8 Å². The van der Waals surface area contributed by atoms with Gasteiger partial charge in [0.25, 0.3) is 0 Å². The zero-order valence-electron chi connectivity index (χ0n) is 15.0. The van der Waals surface area contributed by atoms with E-state index in [-0.39, 0.29) is 18.2 Å². The van der Waals surface area contributed by atoms with Crippen molar-refractivity contribution in [2.24, 2.45) is 9.98 Å². The Kier molecular flexibility index (Phi) is 6.43. The number of hydrogen-bond acceptors (Lipinski definition) is 6. The van der Waals surface area contributed by atoms with E-state index in [2.05, 4.69) is 32.3 Å². The second kappa shape index (κ2) is 9.18. The number of hydrogen-bond donors (Lipinski definition) is 2. The van der Waals surface area contributed by atoms with E-state index in [1.54, 1.807) is 12.3 Å². The molecular weight excluding hydrogens is 350 g/mol. The van der Waals surface area contributed by atoms with Crippen molar-refractivity contribution in [2.45, 2.75) is 6.42 Å². The molecule has 2 aliphatic rings. The maximum Gasteiger partial charge on any atom is 0.166 e. The van der Waals surface area contributed by atoms with Gasteiger partial charge in [0.2, 0.25) is 0 Å². The summed E-state index contributed by atoms with van der Waals surface area (Å²) in [5, 5.41) is 6.37. The summed E-state index contributed by atoms with van der Waals surface area (Å²) >= 11 is 0. The minimum absolute atomic E-state index is 0.240. The molecule has 3 rings (SSSR count). The normalized spacial score (nSPS) is 19.2. The molecule has 0 spiro atoms. The van der Waals surface area contributed by atoms with E-state index in [0.29, 0.717) is 42.2 Å². The molecule has 0 saturated carbocycles. The maximum absolute atomic E-state index is 14.4. The molecule has 1 saturated heterocycles. The number of piperazine rings is 1. The van der Waals surface area contributed by atoms with Crippen molar-refractivity contribution in [3.05, 3.63) is 54.2 Å². The molecule has 1 aliphatic carbocycles. The van der Waals surface area contributed by atoms with Crippen molar-refractivity contribution < 1.29 is 8.78 Å². The van der Waals surface area contributed by atoms with E-state index in [1.807, 2.05) is 4.90 Å². The van der Waals surface area contributed by atoms with Crippen molar-refractivity contribution in [1.82, 2.24) is 10.3 Å². The van der Waals surface area contributed by atoms with Crippen LogP contribution in [0, 0.1) is 5.82 Å². The molecule has 8 heteroatoms. The van der Waals surface area contributed by atoms with Crippen LogP contribution in [0.2, 0.25) is 0 Å². The number of rotatable bonds is 6. The minimum atomic E-state index is -0.382. The van der Waals surface area contributed by atoms with Gasteiger partial charge in [-0.15, -0.1) is 0 Å². The summed E-state index contributed by atoms with van der Waals surface area (Å²) in [7, 11) is 0. The van der Waals surface area contributed by atoms with E-state index >= 15 is 0 Å². The first kappa shape index (κ1) is 18.9. The van der Waals surface area contributed by atoms with Crippen LogP contribution in [-0.4, -0.2) is 50.1 Å². The molecular formula is C19H22F2N6. The summed E-state index contributed by atoms with van der Waals surface area (Å²) in [4.78, 5) is 13.6. The number of halogens is 2. The fourth-order valence-electron chi connectivity index (χ4n) is 3.00. The minimum Gasteiger partial charge on any atom is -0.378 e. The van der Waals surface area contributed by atoms with Gasteiger partial charge in [-0.3, -0.25) is 15.0 Å². The summed E-state index contributed by atoms with van der Waals surface area (Å²) in [5.41, 5.74) is 2.15. The predicted octanol–water partition coefficient (Wildman–Crippen LogP) is 2.84. The molecule has 1 aliphatic heterocycles. The molecule has 0 aromatic carbocycles. The van der Waals surface area contributed by atoms with Crippen LogP contribution < -0.4 is 15.5 Å². The summed E-state index contributed by atoms with van der Waals surface area (Å²) in [6.07, 6.45) is 9.37. The average Bonchev–Trinajstić information content (AvgIpc) is 2.68. The van der Waals surface area contributed by atoms with E-state index in [4.69, 9.17) is 0 Å². The van der Waals surface area contributed by atoms with Crippen LogP contribution in [0.25, 0.3) is 0 Å². The molecule has 2 heterocycles. The maximum atomic E-state index is 14.4. The van der Waals surface area contributed by atoms with Crippen LogP contribution in [0.3, 0.4) is 0 Å². The van der Waals surface area contributed by atoms with Crippen LogP contribution in [0.15, 0.2) is 58.3 Å². The van der Waals surface area contributed by atoms with E-state index in [1.165, 1.54) is 24.7 Å². The van der Waals surface area contributed by atoms with E-state index < -0.39 is 0 Å². The first-order valence-corrected chi connectivity index (χ1v) is 8.76. The lowest BCUT2D eigenvalue weighted by Crippen LogP contribution is -2.44. The lowest BCUT2D eigenvalue weighted by atomic mass is 10.0. The number of nitrogens with one attached hydrogen (secondary N) is 2. The molecule has 1 fully saturated rings. The highest BCUT2D eigenvalue weighted by Crippen LogP contribution is 2.29. The summed E-state index contributed by atoms with van der Waals surface area (Å²) in [6.45, 7) is 6.56. The zero-order chi connectivity index (χ0) is 19.1. The van der Waals surface area contributed by atoms with Gasteiger partial charge in [-0.2, -0.15) is 0 Å². The number of pyridine rings is 1. The van der Waals surface area contributed by atoms with Crippen LogP contribution in [0.4, 0.5) is 20.2 Å². The smallest absolute Gasteiger partial charge is 0.166 e. The largest absolute Gasteiger partial charge is 0.378 e. The standard InChI is InChI=1S/C19H22F2N6/c1-22-4-5-25-15-3-2-14(16(20)10-15)11-26-18-13-24-12-17(21)19(18)27-8-6-23-7-9-27/h2,4-5,10,12-13,23,26H,1,3,6-9,11H2/b5-4-,25-15?. The monoisotopic (exact) mass is 372 g/mol. The summed E-state index contributed by atoms with van der Waals surface area (Å²) in [6, 6.07) is 0. The van der Waals surface area contributed by atoms with Gasteiger partial charge >= 0.3 is 0 Å². The Balaban J connectivity index is 1.70. The summed E-state index contributed by atoms with van der Waals surface area (Å²) in [5.74, 6) is -0.742. The Labute approximate surface area is 157 Å². The van der Waals surface area contributed by atoms with Crippen LogP contribution in [-0.2, 0) is 0 Å². The van der Waals surface area contributed by atoms with E-state index in [9.17, 15) is 8.78 Å². The molecule has 6 nitrogen and oxygen atoms in total. The molecule has 142 valence electrons. The Morgan fingerprint density at radius 1 is 1.26 bits per heavy atom. The lowest BCUT2D eigenvalue weighted by Gasteiger charge is -2.31. The summed E-state index contributed by atoms with van der Waals surface area (Å²) < 4.78 is 28.7. The van der Waals surface area contributed by atoms with Gasteiger partial charge in [-0.25, -0.2) is 8.78 Å². The highest BCUT2D eigenvalue weighted by molar-refractivity contribution is 5.98. The fraction of sp³-hybridized carbons (Fsp3) is 0.316. The Bertz CT molecular complexity index is 806. The molecule has 2 N–H and O–H groups in total. The van der Waals surface area contributed by atoms with Crippen molar-refractivity contribution in [2.75, 3.05) is 42.9 Å². The van der Waals surface area contributed by atoms with Gasteiger partial charge in [0.1, 0.15) is 5.83 Å². The average molecular weight is 372 g/mol. The molecule has 0 radical (unpaired) electrons. The zero-order valence-corrected chi connectivity index (χ0v) is 15.0. The van der Waals surface area contributed by atoms with Gasteiger partial charge < -0.3 is 15.5 Å². The second-order valence-corrected chi connectivity index (χ2v) is 6.14. The van der Waals surface area contributed by atoms with Crippen LogP contribution in [0.5, 0.6) is 0 Å². The Hall–Kier alpha value is -2.87. The molecule has 0 atom stereocenters. The number of aromatic nitrogens is 1. The number of nitrogens with zero attached hydrogens (tertiary/aromatic N) is 4. The lowest BCUT2D eigenvalue weighted by molar-refractivity contribution is 0.564. The molecule has 0 unspecified atom stereocenters. The Morgan fingerprint density at radius 2 is 2.07 bits per heavy atom. The third-order valence-electron chi connectivity index (χ3n) is 4.35. The van der Waals surface area contributed by atoms with Crippen LogP contribution >= 0.6 is 0 Å². The van der Waals surface area contributed by atoms with Crippen LogP contribution in [0.1, 0.15) is 6.42 Å². The molecule has 1 aromatic rings. The van der Waals surface area contributed by atoms with Gasteiger partial charge in [-0.1, -0.05) is 6.08 Å². The highest BCUT2D eigenvalue weighted by Gasteiger charge is 2.19. The fourth-order valence-corrected chi connectivity index (χ4v) is 3.00. The topological polar surface area (TPSA) is 64.9 Å². The number of aliphatic imine (C=N–C) groups is 2. The Morgan fingerprint density at radius 3 is 2.81 bits per heavy atom.